The smallest absolute Gasteiger partial charge is 0.333 e. The predicted molar refractivity (Wildman–Crippen MR) is 140 cm³/mol. The molecule has 0 radical (unpaired) electrons. The van der Waals surface area contributed by atoms with Crippen molar-refractivity contribution < 1.29 is 19.4 Å². The number of carboxylic acids is 1. The maximum absolute atomic E-state index is 11.6. The van der Waals surface area contributed by atoms with E-state index in [9.17, 15) is 9.90 Å². The fourth-order valence-electron chi connectivity index (χ4n) is 4.95. The maximum Gasteiger partial charge on any atom is 0.333 e. The molecule has 0 fully saturated rings. The summed E-state index contributed by atoms with van der Waals surface area (Å²) in [6.07, 6.45) is 6.05. The number of carboxylic acid groups (broad SMARTS) is 1. The third kappa shape index (κ3) is 6.52. The van der Waals surface area contributed by atoms with Gasteiger partial charge in [-0.25, -0.2) is 4.79 Å². The van der Waals surface area contributed by atoms with Gasteiger partial charge in [0.2, 0.25) is 0 Å². The van der Waals surface area contributed by atoms with Gasteiger partial charge < -0.3 is 14.6 Å². The molecule has 4 rings (SSSR count). The number of unbranched alkanes of at least 4 members (excludes halogenated alkanes) is 4. The van der Waals surface area contributed by atoms with E-state index in [1.165, 1.54) is 41.5 Å². The molecule has 184 valence electrons. The average molecular weight is 473 g/mol. The molecule has 0 spiro atoms. The summed E-state index contributed by atoms with van der Waals surface area (Å²) >= 11 is 0. The Morgan fingerprint density at radius 2 is 1.46 bits per heavy atom. The van der Waals surface area contributed by atoms with Crippen molar-refractivity contribution in [2.24, 2.45) is 0 Å². The molecular weight excluding hydrogens is 436 g/mol. The lowest BCUT2D eigenvalue weighted by atomic mass is 9.94. The van der Waals surface area contributed by atoms with Crippen LogP contribution in [-0.2, 0) is 16.0 Å². The number of hydrogen-bond donors (Lipinski definition) is 1. The molecule has 1 unspecified atom stereocenters. The molecular formula is C31H36O4. The van der Waals surface area contributed by atoms with Gasteiger partial charge in [-0.05, 0) is 52.8 Å². The minimum absolute atomic E-state index is 0.345. The van der Waals surface area contributed by atoms with Gasteiger partial charge in [0.15, 0.2) is 6.10 Å². The molecule has 4 nitrogen and oxygen atoms in total. The van der Waals surface area contributed by atoms with Crippen LogP contribution in [0.3, 0.4) is 0 Å². The topological polar surface area (TPSA) is 55.8 Å². The Labute approximate surface area is 208 Å². The highest BCUT2D eigenvalue weighted by molar-refractivity contribution is 5.78. The van der Waals surface area contributed by atoms with Gasteiger partial charge in [-0.3, -0.25) is 0 Å². The van der Waals surface area contributed by atoms with E-state index < -0.39 is 12.1 Å². The van der Waals surface area contributed by atoms with E-state index in [-0.39, 0.29) is 0 Å². The highest BCUT2D eigenvalue weighted by atomic mass is 16.5. The molecule has 0 saturated heterocycles. The molecule has 0 amide bonds. The largest absolute Gasteiger partial charge is 0.494 e. The predicted octanol–water partition coefficient (Wildman–Crippen LogP) is 7.25. The number of fused-ring (bicyclic) bond motifs is 3. The maximum atomic E-state index is 11.6. The van der Waals surface area contributed by atoms with Crippen molar-refractivity contribution in [1.82, 2.24) is 0 Å². The Hall–Kier alpha value is -3.11. The first-order chi connectivity index (χ1) is 17.2. The van der Waals surface area contributed by atoms with Crippen LogP contribution in [-0.4, -0.2) is 30.4 Å². The molecule has 35 heavy (non-hydrogen) atoms. The molecule has 3 aromatic rings. The SMILES string of the molecule is CCCCCCCOC(Cc1ccc(OCCC2c3ccccc3-c3ccccc32)cc1)C(=O)O. The fourth-order valence-corrected chi connectivity index (χ4v) is 4.95. The summed E-state index contributed by atoms with van der Waals surface area (Å²) in [4.78, 5) is 11.6. The molecule has 1 aliphatic rings. The molecule has 1 atom stereocenters. The zero-order chi connectivity index (χ0) is 24.5. The lowest BCUT2D eigenvalue weighted by Crippen LogP contribution is -2.26. The Morgan fingerprint density at radius 1 is 0.829 bits per heavy atom. The van der Waals surface area contributed by atoms with E-state index in [1.807, 2.05) is 24.3 Å². The van der Waals surface area contributed by atoms with Crippen molar-refractivity contribution in [2.75, 3.05) is 13.2 Å². The van der Waals surface area contributed by atoms with Crippen LogP contribution >= 0.6 is 0 Å². The Morgan fingerprint density at radius 3 is 2.09 bits per heavy atom. The minimum Gasteiger partial charge on any atom is -0.494 e. The van der Waals surface area contributed by atoms with E-state index in [0.29, 0.717) is 25.6 Å². The normalized spacial score (nSPS) is 13.3. The van der Waals surface area contributed by atoms with Crippen molar-refractivity contribution in [1.29, 1.82) is 0 Å². The van der Waals surface area contributed by atoms with Crippen LogP contribution in [0.15, 0.2) is 72.8 Å². The summed E-state index contributed by atoms with van der Waals surface area (Å²) in [6.45, 7) is 3.29. The van der Waals surface area contributed by atoms with Crippen LogP contribution in [0.5, 0.6) is 5.75 Å². The summed E-state index contributed by atoms with van der Waals surface area (Å²) in [7, 11) is 0. The summed E-state index contributed by atoms with van der Waals surface area (Å²) in [5, 5.41) is 9.54. The van der Waals surface area contributed by atoms with Crippen LogP contribution in [0.1, 0.15) is 68.1 Å². The number of benzene rings is 3. The van der Waals surface area contributed by atoms with Crippen molar-refractivity contribution in [3.8, 4) is 16.9 Å². The Bertz CT molecular complexity index is 1040. The summed E-state index contributed by atoms with van der Waals surface area (Å²) in [5.74, 6) is 0.241. The summed E-state index contributed by atoms with van der Waals surface area (Å²) < 4.78 is 11.7. The standard InChI is InChI=1S/C31H36O4/c1-2-3-4-5-10-20-35-30(31(32)33)22-23-15-17-24(18-16-23)34-21-19-29-27-13-8-6-11-25(27)26-12-7-9-14-28(26)29/h6-9,11-18,29-30H,2-5,10,19-22H2,1H3,(H,32,33). The average Bonchev–Trinajstić information content (AvgIpc) is 3.20. The molecule has 1 N–H and O–H groups in total. The van der Waals surface area contributed by atoms with Gasteiger partial charge in [0.1, 0.15) is 5.75 Å². The third-order valence-electron chi connectivity index (χ3n) is 6.82. The first kappa shape index (κ1) is 25.0. The van der Waals surface area contributed by atoms with E-state index in [0.717, 1.165) is 30.6 Å². The van der Waals surface area contributed by atoms with E-state index >= 15 is 0 Å². The lowest BCUT2D eigenvalue weighted by Gasteiger charge is -2.15. The Kier molecular flexibility index (Phi) is 8.96. The van der Waals surface area contributed by atoms with Gasteiger partial charge in [-0.1, -0.05) is 93.3 Å². The molecule has 4 heteroatoms. The zero-order valence-electron chi connectivity index (χ0n) is 20.6. The first-order valence-corrected chi connectivity index (χ1v) is 12.9. The highest BCUT2D eigenvalue weighted by Crippen LogP contribution is 2.45. The number of aliphatic carboxylic acids is 1. The van der Waals surface area contributed by atoms with E-state index in [4.69, 9.17) is 9.47 Å². The molecule has 0 aliphatic heterocycles. The van der Waals surface area contributed by atoms with Crippen LogP contribution < -0.4 is 4.74 Å². The molecule has 0 aromatic heterocycles. The molecule has 0 bridgehead atoms. The van der Waals surface area contributed by atoms with Crippen LogP contribution in [0, 0.1) is 0 Å². The monoisotopic (exact) mass is 472 g/mol. The van der Waals surface area contributed by atoms with Gasteiger partial charge in [-0.15, -0.1) is 0 Å². The van der Waals surface area contributed by atoms with Crippen LogP contribution in [0.2, 0.25) is 0 Å². The van der Waals surface area contributed by atoms with Crippen molar-refractivity contribution in [3.05, 3.63) is 89.5 Å². The van der Waals surface area contributed by atoms with E-state index in [1.54, 1.807) is 0 Å². The highest BCUT2D eigenvalue weighted by Gasteiger charge is 2.27. The molecule has 1 aliphatic carbocycles. The lowest BCUT2D eigenvalue weighted by molar-refractivity contribution is -0.150. The van der Waals surface area contributed by atoms with Crippen molar-refractivity contribution in [2.45, 2.75) is 63.9 Å². The first-order valence-electron chi connectivity index (χ1n) is 12.9. The summed E-state index contributed by atoms with van der Waals surface area (Å²) in [5.41, 5.74) is 6.34. The second-order valence-electron chi connectivity index (χ2n) is 9.32. The summed E-state index contributed by atoms with van der Waals surface area (Å²) in [6, 6.07) is 25.0. The second-order valence-corrected chi connectivity index (χ2v) is 9.32. The van der Waals surface area contributed by atoms with Gasteiger partial charge in [0, 0.05) is 18.9 Å². The van der Waals surface area contributed by atoms with Crippen LogP contribution in [0.4, 0.5) is 0 Å². The number of ether oxygens (including phenoxy) is 2. The van der Waals surface area contributed by atoms with Crippen molar-refractivity contribution in [3.63, 3.8) is 0 Å². The quantitative estimate of drug-likeness (QED) is 0.251. The number of hydrogen-bond acceptors (Lipinski definition) is 3. The van der Waals surface area contributed by atoms with Gasteiger partial charge in [0.25, 0.3) is 0 Å². The second kappa shape index (κ2) is 12.6. The van der Waals surface area contributed by atoms with Gasteiger partial charge >= 0.3 is 5.97 Å². The zero-order valence-corrected chi connectivity index (χ0v) is 20.6. The van der Waals surface area contributed by atoms with Crippen LogP contribution in [0.25, 0.3) is 11.1 Å². The van der Waals surface area contributed by atoms with E-state index in [2.05, 4.69) is 55.5 Å². The van der Waals surface area contributed by atoms with Gasteiger partial charge in [0.05, 0.1) is 6.61 Å². The molecule has 3 aromatic carbocycles. The molecule has 0 heterocycles. The number of rotatable bonds is 14. The fraction of sp³-hybridized carbons (Fsp3) is 0.387. The third-order valence-corrected chi connectivity index (χ3v) is 6.82. The minimum atomic E-state index is -0.906. The van der Waals surface area contributed by atoms with Gasteiger partial charge in [-0.2, -0.15) is 0 Å². The Balaban J connectivity index is 1.27. The number of carbonyl (C=O) groups is 1. The molecule has 0 saturated carbocycles. The van der Waals surface area contributed by atoms with Crippen molar-refractivity contribution >= 4 is 5.97 Å².